The van der Waals surface area contributed by atoms with Crippen LogP contribution in [0.15, 0.2) is 60.9 Å². The minimum Gasteiger partial charge on any atom is -0.332 e. The average molecular weight is 369 g/mol. The SMILES string of the molecule is O=S(=O)(Cc1ccccc1)N1CCC(Cn2ccc3cccnc32)CC1. The van der Waals surface area contributed by atoms with Gasteiger partial charge in [-0.1, -0.05) is 30.3 Å². The molecule has 1 aromatic carbocycles. The van der Waals surface area contributed by atoms with Crippen molar-refractivity contribution in [3.05, 3.63) is 66.5 Å². The smallest absolute Gasteiger partial charge is 0.218 e. The molecular formula is C20H23N3O2S. The molecule has 6 heteroatoms. The molecule has 0 atom stereocenters. The van der Waals surface area contributed by atoms with Crippen LogP contribution in [0.2, 0.25) is 0 Å². The van der Waals surface area contributed by atoms with E-state index < -0.39 is 10.0 Å². The summed E-state index contributed by atoms with van der Waals surface area (Å²) >= 11 is 0. The molecule has 1 aliphatic heterocycles. The summed E-state index contributed by atoms with van der Waals surface area (Å²) in [5.74, 6) is 0.570. The molecular weight excluding hydrogens is 346 g/mol. The lowest BCUT2D eigenvalue weighted by atomic mass is 9.98. The van der Waals surface area contributed by atoms with Crippen molar-refractivity contribution in [1.82, 2.24) is 13.9 Å². The number of piperidine rings is 1. The number of benzene rings is 1. The Morgan fingerprint density at radius 2 is 1.77 bits per heavy atom. The second-order valence-electron chi connectivity index (χ2n) is 6.97. The molecule has 1 fully saturated rings. The van der Waals surface area contributed by atoms with Crippen molar-refractivity contribution in [2.24, 2.45) is 5.92 Å². The number of sulfonamides is 1. The molecule has 0 unspecified atom stereocenters. The maximum absolute atomic E-state index is 12.7. The number of pyridine rings is 1. The molecule has 2 aromatic heterocycles. The summed E-state index contributed by atoms with van der Waals surface area (Å²) in [4.78, 5) is 4.46. The predicted octanol–water partition coefficient (Wildman–Crippen LogP) is 3.28. The number of aromatic nitrogens is 2. The van der Waals surface area contributed by atoms with Gasteiger partial charge in [-0.3, -0.25) is 0 Å². The van der Waals surface area contributed by atoms with Crippen molar-refractivity contribution in [3.8, 4) is 0 Å². The largest absolute Gasteiger partial charge is 0.332 e. The van der Waals surface area contributed by atoms with Gasteiger partial charge in [0.05, 0.1) is 5.75 Å². The normalized spacial score (nSPS) is 16.9. The molecule has 3 heterocycles. The van der Waals surface area contributed by atoms with E-state index in [0.29, 0.717) is 19.0 Å². The Morgan fingerprint density at radius 1 is 1.00 bits per heavy atom. The van der Waals surface area contributed by atoms with E-state index in [1.165, 1.54) is 0 Å². The fraction of sp³-hybridized carbons (Fsp3) is 0.350. The lowest BCUT2D eigenvalue weighted by molar-refractivity contribution is 0.254. The molecule has 0 amide bonds. The third kappa shape index (κ3) is 3.66. The third-order valence-electron chi connectivity index (χ3n) is 5.14. The molecule has 4 rings (SSSR count). The molecule has 1 aliphatic rings. The zero-order valence-corrected chi connectivity index (χ0v) is 15.5. The van der Waals surface area contributed by atoms with Crippen LogP contribution in [0.1, 0.15) is 18.4 Å². The number of nitrogens with zero attached hydrogens (tertiary/aromatic N) is 3. The van der Waals surface area contributed by atoms with Gasteiger partial charge < -0.3 is 4.57 Å². The molecule has 0 saturated carbocycles. The number of fused-ring (bicyclic) bond motifs is 1. The van der Waals surface area contributed by atoms with Gasteiger partial charge in [0.25, 0.3) is 0 Å². The minimum absolute atomic E-state index is 0.0880. The number of hydrogen-bond acceptors (Lipinski definition) is 3. The third-order valence-corrected chi connectivity index (χ3v) is 6.99. The van der Waals surface area contributed by atoms with Gasteiger partial charge in [0, 0.05) is 37.4 Å². The number of rotatable bonds is 5. The molecule has 0 bridgehead atoms. The monoisotopic (exact) mass is 369 g/mol. The first kappa shape index (κ1) is 17.2. The van der Waals surface area contributed by atoms with Gasteiger partial charge in [-0.25, -0.2) is 17.7 Å². The molecule has 0 spiro atoms. The van der Waals surface area contributed by atoms with Crippen molar-refractivity contribution in [2.45, 2.75) is 25.1 Å². The summed E-state index contributed by atoms with van der Waals surface area (Å²) in [6.07, 6.45) is 5.68. The average Bonchev–Trinajstić information content (AvgIpc) is 3.06. The van der Waals surface area contributed by atoms with Crippen LogP contribution in [0.3, 0.4) is 0 Å². The Kier molecular flexibility index (Phi) is 4.78. The van der Waals surface area contributed by atoms with E-state index in [1.54, 1.807) is 4.31 Å². The molecule has 0 radical (unpaired) electrons. The van der Waals surface area contributed by atoms with Gasteiger partial charge in [-0.2, -0.15) is 0 Å². The van der Waals surface area contributed by atoms with Gasteiger partial charge in [0.1, 0.15) is 5.65 Å². The van der Waals surface area contributed by atoms with Crippen LogP contribution in [0.5, 0.6) is 0 Å². The second kappa shape index (κ2) is 7.21. The topological polar surface area (TPSA) is 55.2 Å². The fourth-order valence-electron chi connectivity index (χ4n) is 3.69. The quantitative estimate of drug-likeness (QED) is 0.693. The van der Waals surface area contributed by atoms with Crippen LogP contribution in [-0.4, -0.2) is 35.4 Å². The molecule has 1 saturated heterocycles. The Bertz CT molecular complexity index is 974. The van der Waals surface area contributed by atoms with Crippen molar-refractivity contribution < 1.29 is 8.42 Å². The second-order valence-corrected chi connectivity index (χ2v) is 8.94. The predicted molar refractivity (Wildman–Crippen MR) is 103 cm³/mol. The summed E-state index contributed by atoms with van der Waals surface area (Å²) in [5, 5.41) is 1.15. The molecule has 136 valence electrons. The molecule has 3 aromatic rings. The Labute approximate surface area is 154 Å². The van der Waals surface area contributed by atoms with E-state index >= 15 is 0 Å². The highest BCUT2D eigenvalue weighted by atomic mass is 32.2. The highest BCUT2D eigenvalue weighted by molar-refractivity contribution is 7.88. The van der Waals surface area contributed by atoms with E-state index in [4.69, 9.17) is 0 Å². The van der Waals surface area contributed by atoms with E-state index in [-0.39, 0.29) is 5.75 Å². The highest BCUT2D eigenvalue weighted by Gasteiger charge is 2.28. The van der Waals surface area contributed by atoms with E-state index in [1.807, 2.05) is 42.6 Å². The van der Waals surface area contributed by atoms with Crippen molar-refractivity contribution in [3.63, 3.8) is 0 Å². The molecule has 5 nitrogen and oxygen atoms in total. The lowest BCUT2D eigenvalue weighted by Crippen LogP contribution is -2.39. The standard InChI is InChI=1S/C20H23N3O2S/c24-26(25,16-18-5-2-1-3-6-18)23-13-8-17(9-14-23)15-22-12-10-19-7-4-11-21-20(19)22/h1-7,10-12,17H,8-9,13-16H2. The Balaban J connectivity index is 1.38. The van der Waals surface area contributed by atoms with Crippen LogP contribution in [-0.2, 0) is 22.3 Å². The van der Waals surface area contributed by atoms with Crippen LogP contribution in [0.4, 0.5) is 0 Å². The van der Waals surface area contributed by atoms with Crippen molar-refractivity contribution >= 4 is 21.1 Å². The zero-order chi connectivity index (χ0) is 18.0. The summed E-state index contributed by atoms with van der Waals surface area (Å²) in [5.41, 5.74) is 1.85. The lowest BCUT2D eigenvalue weighted by Gasteiger charge is -2.31. The van der Waals surface area contributed by atoms with Gasteiger partial charge in [0.15, 0.2) is 0 Å². The van der Waals surface area contributed by atoms with Crippen LogP contribution in [0.25, 0.3) is 11.0 Å². The first-order chi connectivity index (χ1) is 12.6. The van der Waals surface area contributed by atoms with Gasteiger partial charge in [0.2, 0.25) is 10.0 Å². The van der Waals surface area contributed by atoms with Crippen LogP contribution >= 0.6 is 0 Å². The highest BCUT2D eigenvalue weighted by Crippen LogP contribution is 2.24. The van der Waals surface area contributed by atoms with Gasteiger partial charge in [-0.15, -0.1) is 0 Å². The molecule has 26 heavy (non-hydrogen) atoms. The number of hydrogen-bond donors (Lipinski definition) is 0. The first-order valence-corrected chi connectivity index (χ1v) is 10.6. The minimum atomic E-state index is -3.24. The zero-order valence-electron chi connectivity index (χ0n) is 14.7. The van der Waals surface area contributed by atoms with Crippen LogP contribution in [0, 0.1) is 5.92 Å². The molecule has 0 N–H and O–H groups in total. The summed E-state index contributed by atoms with van der Waals surface area (Å²) in [7, 11) is -3.24. The Hall–Kier alpha value is -2.18. The fourth-order valence-corrected chi connectivity index (χ4v) is 5.26. The molecule has 0 aliphatic carbocycles. The van der Waals surface area contributed by atoms with E-state index in [0.717, 1.165) is 36.0 Å². The van der Waals surface area contributed by atoms with Gasteiger partial charge in [-0.05, 0) is 42.5 Å². The summed E-state index contributed by atoms with van der Waals surface area (Å²) in [6, 6.07) is 15.5. The van der Waals surface area contributed by atoms with Crippen LogP contribution < -0.4 is 0 Å². The first-order valence-electron chi connectivity index (χ1n) is 9.03. The summed E-state index contributed by atoms with van der Waals surface area (Å²) < 4.78 is 29.2. The van der Waals surface area contributed by atoms with Crippen molar-refractivity contribution in [2.75, 3.05) is 13.1 Å². The van der Waals surface area contributed by atoms with E-state index in [2.05, 4.69) is 27.9 Å². The summed E-state index contributed by atoms with van der Waals surface area (Å²) in [6.45, 7) is 2.10. The maximum atomic E-state index is 12.7. The Morgan fingerprint density at radius 3 is 2.54 bits per heavy atom. The van der Waals surface area contributed by atoms with E-state index in [9.17, 15) is 8.42 Å². The van der Waals surface area contributed by atoms with Gasteiger partial charge >= 0.3 is 0 Å². The maximum Gasteiger partial charge on any atom is 0.218 e. The van der Waals surface area contributed by atoms with Crippen molar-refractivity contribution in [1.29, 1.82) is 0 Å².